The van der Waals surface area contributed by atoms with E-state index in [-0.39, 0.29) is 24.3 Å². The number of aryl methyl sites for hydroxylation is 1. The van der Waals surface area contributed by atoms with Crippen molar-refractivity contribution in [3.63, 3.8) is 0 Å². The number of halogens is 2. The summed E-state index contributed by atoms with van der Waals surface area (Å²) in [6.45, 7) is 0.327. The molecule has 194 valence electrons. The van der Waals surface area contributed by atoms with Crippen LogP contribution in [-0.4, -0.2) is 28.8 Å². The van der Waals surface area contributed by atoms with E-state index in [2.05, 4.69) is 5.32 Å². The Morgan fingerprint density at radius 2 is 1.51 bits per heavy atom. The van der Waals surface area contributed by atoms with Gasteiger partial charge < -0.3 is 10.2 Å². The molecule has 37 heavy (non-hydrogen) atoms. The predicted octanol–water partition coefficient (Wildman–Crippen LogP) is 7.02. The minimum absolute atomic E-state index is 0.0744. The first-order chi connectivity index (χ1) is 18.0. The molecule has 1 N–H and O–H groups in total. The summed E-state index contributed by atoms with van der Waals surface area (Å²) in [5.74, 6) is -0.162. The monoisotopic (exact) mass is 536 g/mol. The van der Waals surface area contributed by atoms with Crippen LogP contribution in [0, 0.1) is 0 Å². The highest BCUT2D eigenvalue weighted by Crippen LogP contribution is 2.22. The summed E-state index contributed by atoms with van der Waals surface area (Å²) < 4.78 is 0. The van der Waals surface area contributed by atoms with Gasteiger partial charge in [0.05, 0.1) is 0 Å². The smallest absolute Gasteiger partial charge is 0.243 e. The molecule has 1 fully saturated rings. The molecular weight excluding hydrogens is 503 g/mol. The molecule has 4 rings (SSSR count). The third-order valence-corrected chi connectivity index (χ3v) is 7.68. The highest BCUT2D eigenvalue weighted by molar-refractivity contribution is 6.31. The summed E-state index contributed by atoms with van der Waals surface area (Å²) >= 11 is 12.5. The van der Waals surface area contributed by atoms with Crippen molar-refractivity contribution in [3.8, 4) is 0 Å². The number of carbonyl (C=O) groups excluding carboxylic acids is 2. The van der Waals surface area contributed by atoms with Gasteiger partial charge in [0.2, 0.25) is 11.8 Å². The summed E-state index contributed by atoms with van der Waals surface area (Å²) in [6.07, 6.45) is 6.66. The summed E-state index contributed by atoms with van der Waals surface area (Å²) in [5, 5.41) is 4.56. The van der Waals surface area contributed by atoms with Crippen LogP contribution < -0.4 is 5.32 Å². The zero-order chi connectivity index (χ0) is 26.0. The number of nitrogens with one attached hydrogen (secondary N) is 1. The quantitative estimate of drug-likeness (QED) is 0.302. The molecule has 2 amide bonds. The zero-order valence-corrected chi connectivity index (χ0v) is 22.6. The number of carbonyl (C=O) groups is 2. The lowest BCUT2D eigenvalue weighted by Crippen LogP contribution is -2.52. The van der Waals surface area contributed by atoms with Crippen molar-refractivity contribution in [1.82, 2.24) is 10.2 Å². The minimum atomic E-state index is -0.626. The fraction of sp³-hybridized carbons (Fsp3) is 0.355. The van der Waals surface area contributed by atoms with Crippen LogP contribution in [0.15, 0.2) is 78.9 Å². The van der Waals surface area contributed by atoms with Gasteiger partial charge in [0.1, 0.15) is 6.04 Å². The topological polar surface area (TPSA) is 49.4 Å². The summed E-state index contributed by atoms with van der Waals surface area (Å²) in [4.78, 5) is 29.3. The van der Waals surface area contributed by atoms with E-state index in [1.807, 2.05) is 78.9 Å². The van der Waals surface area contributed by atoms with Crippen molar-refractivity contribution < 1.29 is 9.59 Å². The number of rotatable bonds is 10. The highest BCUT2D eigenvalue weighted by Gasteiger charge is 2.31. The van der Waals surface area contributed by atoms with Crippen LogP contribution in [0.3, 0.4) is 0 Å². The fourth-order valence-corrected chi connectivity index (χ4v) is 5.33. The van der Waals surface area contributed by atoms with E-state index in [0.29, 0.717) is 29.4 Å². The Morgan fingerprint density at radius 3 is 2.22 bits per heavy atom. The lowest BCUT2D eigenvalue weighted by molar-refractivity contribution is -0.141. The van der Waals surface area contributed by atoms with Crippen LogP contribution in [0.1, 0.15) is 55.2 Å². The number of amides is 2. The van der Waals surface area contributed by atoms with Gasteiger partial charge in [0, 0.05) is 35.5 Å². The number of hydrogen-bond acceptors (Lipinski definition) is 2. The van der Waals surface area contributed by atoms with Crippen LogP contribution in [-0.2, 0) is 29.0 Å². The highest BCUT2D eigenvalue weighted by atomic mass is 35.5. The molecule has 0 aromatic heterocycles. The SMILES string of the molecule is O=C(NC1CCCCC1)[C@H](Cc1ccccc1)N(Cc1ccc(Cl)cc1)C(=O)CCc1ccccc1Cl. The van der Waals surface area contributed by atoms with Crippen molar-refractivity contribution in [2.24, 2.45) is 0 Å². The van der Waals surface area contributed by atoms with E-state index < -0.39 is 6.04 Å². The second kappa shape index (κ2) is 13.6. The van der Waals surface area contributed by atoms with Crippen molar-refractivity contribution in [2.45, 2.75) is 70.0 Å². The lowest BCUT2D eigenvalue weighted by atomic mass is 9.94. The molecule has 6 heteroatoms. The lowest BCUT2D eigenvalue weighted by Gasteiger charge is -2.33. The van der Waals surface area contributed by atoms with Gasteiger partial charge in [-0.2, -0.15) is 0 Å². The first-order valence-electron chi connectivity index (χ1n) is 13.1. The summed E-state index contributed by atoms with van der Waals surface area (Å²) in [7, 11) is 0. The van der Waals surface area contributed by atoms with Gasteiger partial charge in [-0.05, 0) is 54.2 Å². The van der Waals surface area contributed by atoms with Gasteiger partial charge in [-0.3, -0.25) is 9.59 Å². The molecule has 3 aromatic carbocycles. The molecule has 0 radical (unpaired) electrons. The zero-order valence-electron chi connectivity index (χ0n) is 21.0. The average Bonchev–Trinajstić information content (AvgIpc) is 2.92. The van der Waals surface area contributed by atoms with E-state index in [0.717, 1.165) is 42.4 Å². The van der Waals surface area contributed by atoms with Gasteiger partial charge in [0.15, 0.2) is 0 Å². The second-order valence-corrected chi connectivity index (χ2v) is 10.6. The molecule has 1 aliphatic rings. The molecule has 1 saturated carbocycles. The van der Waals surface area contributed by atoms with Gasteiger partial charge in [0.25, 0.3) is 0 Å². The summed E-state index contributed by atoms with van der Waals surface area (Å²) in [6, 6.07) is 24.5. The molecule has 0 aliphatic heterocycles. The maximum Gasteiger partial charge on any atom is 0.243 e. The molecule has 0 spiro atoms. The van der Waals surface area contributed by atoms with Crippen LogP contribution in [0.25, 0.3) is 0 Å². The van der Waals surface area contributed by atoms with Crippen LogP contribution >= 0.6 is 23.2 Å². The molecular formula is C31H34Cl2N2O2. The Bertz CT molecular complexity index is 1160. The number of hydrogen-bond donors (Lipinski definition) is 1. The molecule has 1 aliphatic carbocycles. The third kappa shape index (κ3) is 8.08. The van der Waals surface area contributed by atoms with Crippen molar-refractivity contribution in [1.29, 1.82) is 0 Å². The Morgan fingerprint density at radius 1 is 0.838 bits per heavy atom. The molecule has 0 bridgehead atoms. The summed E-state index contributed by atoms with van der Waals surface area (Å²) in [5.41, 5.74) is 2.88. The largest absolute Gasteiger partial charge is 0.352 e. The maximum absolute atomic E-state index is 13.8. The molecule has 3 aromatic rings. The Hall–Kier alpha value is -2.82. The molecule has 0 unspecified atom stereocenters. The van der Waals surface area contributed by atoms with Crippen molar-refractivity contribution in [3.05, 3.63) is 106 Å². The first-order valence-corrected chi connectivity index (χ1v) is 13.9. The Kier molecular flexibility index (Phi) is 10.0. The molecule has 0 heterocycles. The fourth-order valence-electron chi connectivity index (χ4n) is 4.97. The minimum Gasteiger partial charge on any atom is -0.352 e. The third-order valence-electron chi connectivity index (χ3n) is 7.05. The van der Waals surface area contributed by atoms with Crippen molar-refractivity contribution >= 4 is 35.0 Å². The van der Waals surface area contributed by atoms with E-state index in [1.54, 1.807) is 4.90 Å². The Labute approximate surface area is 230 Å². The van der Waals surface area contributed by atoms with E-state index in [4.69, 9.17) is 23.2 Å². The van der Waals surface area contributed by atoms with E-state index in [9.17, 15) is 9.59 Å². The van der Waals surface area contributed by atoms with Gasteiger partial charge >= 0.3 is 0 Å². The van der Waals surface area contributed by atoms with Crippen LogP contribution in [0.2, 0.25) is 10.0 Å². The van der Waals surface area contributed by atoms with Gasteiger partial charge in [-0.1, -0.05) is 103 Å². The van der Waals surface area contributed by atoms with Gasteiger partial charge in [-0.15, -0.1) is 0 Å². The van der Waals surface area contributed by atoms with Crippen LogP contribution in [0.4, 0.5) is 0 Å². The maximum atomic E-state index is 13.8. The number of nitrogens with zero attached hydrogens (tertiary/aromatic N) is 1. The first kappa shape index (κ1) is 27.2. The average molecular weight is 538 g/mol. The standard InChI is InChI=1S/C31H34Cl2N2O2/c32-26-18-15-24(16-19-26)22-35(30(36)20-17-25-11-7-8-14-28(25)33)29(21-23-9-3-1-4-10-23)31(37)34-27-12-5-2-6-13-27/h1,3-4,7-11,14-16,18-19,27,29H,2,5-6,12-13,17,20-22H2,(H,34,37)/t29-/m0/s1. The molecule has 1 atom stereocenters. The second-order valence-electron chi connectivity index (χ2n) is 9.79. The normalized spacial score (nSPS) is 14.6. The van der Waals surface area contributed by atoms with Crippen molar-refractivity contribution in [2.75, 3.05) is 0 Å². The molecule has 0 saturated heterocycles. The predicted molar refractivity (Wildman–Crippen MR) is 151 cm³/mol. The van der Waals surface area contributed by atoms with E-state index >= 15 is 0 Å². The number of benzene rings is 3. The van der Waals surface area contributed by atoms with Gasteiger partial charge in [-0.25, -0.2) is 0 Å². The van der Waals surface area contributed by atoms with Crippen LogP contribution in [0.5, 0.6) is 0 Å². The van der Waals surface area contributed by atoms with E-state index in [1.165, 1.54) is 6.42 Å². The Balaban J connectivity index is 1.61. The molecule has 4 nitrogen and oxygen atoms in total.